The zero-order valence-electron chi connectivity index (χ0n) is 12.7. The maximum Gasteiger partial charge on any atom is 0.0991 e. The van der Waals surface area contributed by atoms with Crippen molar-refractivity contribution < 1.29 is 0 Å². The minimum atomic E-state index is 0.0597. The van der Waals surface area contributed by atoms with Crippen LogP contribution in [0.25, 0.3) is 0 Å². The highest BCUT2D eigenvalue weighted by Crippen LogP contribution is 2.34. The van der Waals surface area contributed by atoms with Crippen molar-refractivity contribution in [3.8, 4) is 6.07 Å². The number of rotatable bonds is 3. The van der Waals surface area contributed by atoms with E-state index in [0.29, 0.717) is 6.04 Å². The van der Waals surface area contributed by atoms with Crippen LogP contribution in [0, 0.1) is 11.3 Å². The van der Waals surface area contributed by atoms with Gasteiger partial charge in [0.2, 0.25) is 0 Å². The molecule has 21 heavy (non-hydrogen) atoms. The summed E-state index contributed by atoms with van der Waals surface area (Å²) in [6.07, 6.45) is 9.52. The minimum absolute atomic E-state index is 0.0597. The minimum Gasteiger partial charge on any atom is -0.325 e. The highest BCUT2D eigenvalue weighted by molar-refractivity contribution is 5.41. The van der Waals surface area contributed by atoms with E-state index in [2.05, 4.69) is 23.5 Å². The van der Waals surface area contributed by atoms with Crippen LogP contribution in [0.5, 0.6) is 0 Å². The summed E-state index contributed by atoms with van der Waals surface area (Å²) in [6, 6.07) is 8.78. The van der Waals surface area contributed by atoms with E-state index in [1.165, 1.54) is 43.2 Å². The normalized spacial score (nSPS) is 24.1. The summed E-state index contributed by atoms with van der Waals surface area (Å²) >= 11 is 0. The molecule has 112 valence electrons. The summed E-state index contributed by atoms with van der Waals surface area (Å²) in [7, 11) is 0. The fourth-order valence-electron chi connectivity index (χ4n) is 3.92. The fraction of sp³-hybridized carbons (Fsp3) is 0.611. The van der Waals surface area contributed by atoms with Gasteiger partial charge in [-0.2, -0.15) is 5.26 Å². The standard InChI is InChI=1S/C18H25N3/c19-13-14-4-5-16-15(12-14)7-11-21-17(16)6-10-18(20)8-2-1-3-9-18/h4-5,12,17,21H,1-3,6-11,20H2. The van der Waals surface area contributed by atoms with E-state index >= 15 is 0 Å². The van der Waals surface area contributed by atoms with Crippen molar-refractivity contribution in [1.29, 1.82) is 5.26 Å². The van der Waals surface area contributed by atoms with Crippen molar-refractivity contribution in [2.45, 2.75) is 62.9 Å². The van der Waals surface area contributed by atoms with E-state index in [1.54, 1.807) is 0 Å². The Morgan fingerprint density at radius 3 is 2.86 bits per heavy atom. The Morgan fingerprint density at radius 1 is 1.29 bits per heavy atom. The van der Waals surface area contributed by atoms with Gasteiger partial charge in [0.1, 0.15) is 0 Å². The first kappa shape index (κ1) is 14.6. The van der Waals surface area contributed by atoms with Gasteiger partial charge in [-0.25, -0.2) is 0 Å². The van der Waals surface area contributed by atoms with Crippen molar-refractivity contribution >= 4 is 0 Å². The van der Waals surface area contributed by atoms with Crippen LogP contribution < -0.4 is 11.1 Å². The summed E-state index contributed by atoms with van der Waals surface area (Å²) in [5, 5.41) is 12.7. The van der Waals surface area contributed by atoms with E-state index in [-0.39, 0.29) is 5.54 Å². The number of fused-ring (bicyclic) bond motifs is 1. The maximum absolute atomic E-state index is 9.03. The molecule has 1 fully saturated rings. The fourth-order valence-corrected chi connectivity index (χ4v) is 3.92. The molecule has 0 aromatic heterocycles. The van der Waals surface area contributed by atoms with Gasteiger partial charge < -0.3 is 11.1 Å². The number of nitriles is 1. The summed E-state index contributed by atoms with van der Waals surface area (Å²) < 4.78 is 0. The van der Waals surface area contributed by atoms with Gasteiger partial charge in [-0.3, -0.25) is 0 Å². The molecule has 1 saturated carbocycles. The summed E-state index contributed by atoms with van der Waals surface area (Å²) in [6.45, 7) is 1.00. The molecule has 1 atom stereocenters. The van der Waals surface area contributed by atoms with Gasteiger partial charge in [0, 0.05) is 11.6 Å². The van der Waals surface area contributed by atoms with Crippen molar-refractivity contribution in [2.24, 2.45) is 5.73 Å². The molecule has 0 bridgehead atoms. The van der Waals surface area contributed by atoms with E-state index in [0.717, 1.165) is 31.4 Å². The lowest BCUT2D eigenvalue weighted by Gasteiger charge is -2.36. The van der Waals surface area contributed by atoms with Gasteiger partial charge in [0.25, 0.3) is 0 Å². The lowest BCUT2D eigenvalue weighted by atomic mass is 9.77. The predicted molar refractivity (Wildman–Crippen MR) is 84.8 cm³/mol. The van der Waals surface area contributed by atoms with Crippen LogP contribution in [0.15, 0.2) is 18.2 Å². The Bertz CT molecular complexity index is 538. The quantitative estimate of drug-likeness (QED) is 0.895. The van der Waals surface area contributed by atoms with Crippen LogP contribution in [0.4, 0.5) is 0 Å². The first-order valence-electron chi connectivity index (χ1n) is 8.25. The largest absolute Gasteiger partial charge is 0.325 e. The summed E-state index contributed by atoms with van der Waals surface area (Å²) in [4.78, 5) is 0. The molecule has 2 aliphatic rings. The van der Waals surface area contributed by atoms with Crippen molar-refractivity contribution in [3.63, 3.8) is 0 Å². The van der Waals surface area contributed by atoms with Crippen LogP contribution in [0.3, 0.4) is 0 Å². The highest BCUT2D eigenvalue weighted by Gasteiger charge is 2.29. The Kier molecular flexibility index (Phi) is 4.28. The van der Waals surface area contributed by atoms with Gasteiger partial charge in [-0.05, 0) is 61.9 Å². The number of hydrogen-bond acceptors (Lipinski definition) is 3. The van der Waals surface area contributed by atoms with Crippen LogP contribution in [0.1, 0.15) is 67.7 Å². The number of nitrogens with one attached hydrogen (secondary N) is 1. The Balaban J connectivity index is 1.69. The molecule has 3 heteroatoms. The molecule has 0 saturated heterocycles. The summed E-state index contributed by atoms with van der Waals surface area (Å²) in [5.74, 6) is 0. The van der Waals surface area contributed by atoms with Gasteiger partial charge in [0.05, 0.1) is 11.6 Å². The molecular formula is C18H25N3. The molecule has 1 heterocycles. The molecule has 0 spiro atoms. The van der Waals surface area contributed by atoms with E-state index in [4.69, 9.17) is 11.0 Å². The molecule has 1 aliphatic carbocycles. The molecular weight excluding hydrogens is 258 g/mol. The molecule has 1 aromatic rings. The van der Waals surface area contributed by atoms with Crippen LogP contribution in [0.2, 0.25) is 0 Å². The van der Waals surface area contributed by atoms with Crippen LogP contribution >= 0.6 is 0 Å². The molecule has 3 N–H and O–H groups in total. The Labute approximate surface area is 127 Å². The number of nitrogens with two attached hydrogens (primary N) is 1. The Morgan fingerprint density at radius 2 is 2.10 bits per heavy atom. The summed E-state index contributed by atoms with van der Waals surface area (Å²) in [5.41, 5.74) is 10.1. The predicted octanol–water partition coefficient (Wildman–Crippen LogP) is 3.19. The third-order valence-corrected chi connectivity index (χ3v) is 5.21. The second-order valence-electron chi connectivity index (χ2n) is 6.74. The van der Waals surface area contributed by atoms with Gasteiger partial charge in [-0.15, -0.1) is 0 Å². The van der Waals surface area contributed by atoms with E-state index in [1.807, 2.05) is 6.07 Å². The zero-order valence-corrected chi connectivity index (χ0v) is 12.7. The van der Waals surface area contributed by atoms with Crippen molar-refractivity contribution in [2.75, 3.05) is 6.54 Å². The number of benzene rings is 1. The lowest BCUT2D eigenvalue weighted by molar-refractivity contribution is 0.259. The third kappa shape index (κ3) is 3.28. The number of nitrogens with zero attached hydrogens (tertiary/aromatic N) is 1. The van der Waals surface area contributed by atoms with E-state index in [9.17, 15) is 0 Å². The highest BCUT2D eigenvalue weighted by atomic mass is 14.9. The van der Waals surface area contributed by atoms with Gasteiger partial charge in [-0.1, -0.05) is 25.3 Å². The molecule has 0 amide bonds. The van der Waals surface area contributed by atoms with E-state index < -0.39 is 0 Å². The molecule has 1 aliphatic heterocycles. The smallest absolute Gasteiger partial charge is 0.0991 e. The van der Waals surface area contributed by atoms with Crippen LogP contribution in [-0.4, -0.2) is 12.1 Å². The molecule has 1 unspecified atom stereocenters. The second-order valence-corrected chi connectivity index (χ2v) is 6.74. The maximum atomic E-state index is 9.03. The Hall–Kier alpha value is -1.37. The first-order valence-corrected chi connectivity index (χ1v) is 8.25. The van der Waals surface area contributed by atoms with Gasteiger partial charge >= 0.3 is 0 Å². The monoisotopic (exact) mass is 283 g/mol. The van der Waals surface area contributed by atoms with Crippen molar-refractivity contribution in [1.82, 2.24) is 5.32 Å². The van der Waals surface area contributed by atoms with Gasteiger partial charge in [0.15, 0.2) is 0 Å². The molecule has 0 radical (unpaired) electrons. The SMILES string of the molecule is N#Cc1ccc2c(c1)CCNC2CCC1(N)CCCCC1. The van der Waals surface area contributed by atoms with Crippen molar-refractivity contribution in [3.05, 3.63) is 34.9 Å². The zero-order chi connectivity index (χ0) is 14.7. The molecule has 3 rings (SSSR count). The second kappa shape index (κ2) is 6.17. The average molecular weight is 283 g/mol. The molecule has 3 nitrogen and oxygen atoms in total. The topological polar surface area (TPSA) is 61.8 Å². The van der Waals surface area contributed by atoms with Crippen LogP contribution in [-0.2, 0) is 6.42 Å². The number of hydrogen-bond donors (Lipinski definition) is 2. The average Bonchev–Trinajstić information content (AvgIpc) is 2.53. The first-order chi connectivity index (χ1) is 10.2. The third-order valence-electron chi connectivity index (χ3n) is 5.21. The molecule has 1 aromatic carbocycles. The lowest BCUT2D eigenvalue weighted by Crippen LogP contribution is -2.42.